The van der Waals surface area contributed by atoms with Crippen molar-refractivity contribution in [3.05, 3.63) is 48.5 Å². The van der Waals surface area contributed by atoms with Gasteiger partial charge in [-0.2, -0.15) is 13.2 Å². The van der Waals surface area contributed by atoms with Crippen molar-refractivity contribution in [2.24, 2.45) is 5.73 Å². The summed E-state index contributed by atoms with van der Waals surface area (Å²) in [7, 11) is 0. The normalized spacial score (nSPS) is 13.6. The minimum atomic E-state index is -4.25. The van der Waals surface area contributed by atoms with Gasteiger partial charge in [-0.3, -0.25) is 0 Å². The van der Waals surface area contributed by atoms with Crippen LogP contribution >= 0.6 is 0 Å². The van der Waals surface area contributed by atoms with E-state index in [9.17, 15) is 13.2 Å². The van der Waals surface area contributed by atoms with Gasteiger partial charge in [0.05, 0.1) is 12.7 Å². The van der Waals surface area contributed by atoms with E-state index in [0.29, 0.717) is 5.56 Å². The molecule has 0 aliphatic rings. The molecule has 1 aromatic carbocycles. The third-order valence-corrected chi connectivity index (χ3v) is 2.58. The maximum atomic E-state index is 12.2. The van der Waals surface area contributed by atoms with Crippen molar-refractivity contribution in [1.29, 1.82) is 0 Å². The molecule has 1 aromatic heterocycles. The Balaban J connectivity index is 2.13. The highest BCUT2D eigenvalue weighted by Crippen LogP contribution is 2.28. The molecule has 0 saturated heterocycles. The van der Waals surface area contributed by atoms with Crippen molar-refractivity contribution in [3.63, 3.8) is 0 Å². The number of alkyl halides is 3. The van der Waals surface area contributed by atoms with Crippen LogP contribution in [0.2, 0.25) is 0 Å². The lowest BCUT2D eigenvalue weighted by Gasteiger charge is -2.14. The minimum absolute atomic E-state index is 0.469. The van der Waals surface area contributed by atoms with Gasteiger partial charge in [0.2, 0.25) is 0 Å². The summed E-state index contributed by atoms with van der Waals surface area (Å²) in [6.07, 6.45) is -0.265. The van der Waals surface area contributed by atoms with Gasteiger partial charge in [0.15, 0.2) is 0 Å². The minimum Gasteiger partial charge on any atom is -0.324 e. The van der Waals surface area contributed by atoms with Crippen molar-refractivity contribution in [2.75, 3.05) is 0 Å². The van der Waals surface area contributed by atoms with Crippen LogP contribution in [-0.2, 0) is 0 Å². The Labute approximate surface area is 102 Å². The molecule has 2 aromatic rings. The van der Waals surface area contributed by atoms with E-state index in [0.717, 1.165) is 5.69 Å². The zero-order chi connectivity index (χ0) is 13.2. The topological polar surface area (TPSA) is 43.8 Å². The third-order valence-electron chi connectivity index (χ3n) is 2.58. The fraction of sp³-hybridized carbons (Fsp3) is 0.250. The van der Waals surface area contributed by atoms with Crippen LogP contribution in [0.5, 0.6) is 0 Å². The van der Waals surface area contributed by atoms with E-state index in [-0.39, 0.29) is 0 Å². The van der Waals surface area contributed by atoms with Crippen LogP contribution in [0.1, 0.15) is 18.0 Å². The molecule has 6 heteroatoms. The maximum absolute atomic E-state index is 12.2. The second-order valence-electron chi connectivity index (χ2n) is 3.99. The van der Waals surface area contributed by atoms with Gasteiger partial charge in [-0.15, -0.1) is 0 Å². The zero-order valence-corrected chi connectivity index (χ0v) is 9.43. The molecule has 2 rings (SSSR count). The van der Waals surface area contributed by atoms with Crippen molar-refractivity contribution in [1.82, 2.24) is 9.55 Å². The highest BCUT2D eigenvalue weighted by molar-refractivity contribution is 5.35. The molecule has 0 aliphatic heterocycles. The Morgan fingerprint density at radius 2 is 1.89 bits per heavy atom. The lowest BCUT2D eigenvalue weighted by atomic mass is 10.0. The lowest BCUT2D eigenvalue weighted by Crippen LogP contribution is -2.20. The van der Waals surface area contributed by atoms with Crippen molar-refractivity contribution in [2.45, 2.75) is 18.6 Å². The SMILES string of the molecule is NC(CC(F)(F)F)c1ccc(-n2ccnc2)cc1. The van der Waals surface area contributed by atoms with Gasteiger partial charge in [0.1, 0.15) is 0 Å². The number of benzene rings is 1. The van der Waals surface area contributed by atoms with E-state index in [1.165, 1.54) is 0 Å². The first-order valence-corrected chi connectivity index (χ1v) is 5.36. The molecule has 0 aliphatic carbocycles. The summed E-state index contributed by atoms with van der Waals surface area (Å²) in [4.78, 5) is 3.89. The van der Waals surface area contributed by atoms with Crippen LogP contribution in [0.25, 0.3) is 5.69 Å². The monoisotopic (exact) mass is 255 g/mol. The Morgan fingerprint density at radius 3 is 2.39 bits per heavy atom. The first-order valence-electron chi connectivity index (χ1n) is 5.36. The fourth-order valence-electron chi connectivity index (χ4n) is 1.67. The summed E-state index contributed by atoms with van der Waals surface area (Å²) in [5, 5.41) is 0. The number of nitrogens with two attached hydrogens (primary N) is 1. The summed E-state index contributed by atoms with van der Waals surface area (Å²) in [5.74, 6) is 0. The molecule has 0 fully saturated rings. The smallest absolute Gasteiger partial charge is 0.324 e. The van der Waals surface area contributed by atoms with Gasteiger partial charge < -0.3 is 10.3 Å². The number of aromatic nitrogens is 2. The average Bonchev–Trinajstić information content (AvgIpc) is 2.80. The predicted octanol–water partition coefficient (Wildman–Crippen LogP) is 2.82. The van der Waals surface area contributed by atoms with Crippen molar-refractivity contribution in [3.8, 4) is 5.69 Å². The number of hydrogen-bond acceptors (Lipinski definition) is 2. The lowest BCUT2D eigenvalue weighted by molar-refractivity contribution is -0.138. The number of rotatable bonds is 3. The van der Waals surface area contributed by atoms with E-state index in [4.69, 9.17) is 5.73 Å². The Bertz CT molecular complexity index is 488. The van der Waals surface area contributed by atoms with E-state index in [1.54, 1.807) is 47.6 Å². The Morgan fingerprint density at radius 1 is 1.22 bits per heavy atom. The van der Waals surface area contributed by atoms with Crippen LogP contribution in [0.4, 0.5) is 13.2 Å². The van der Waals surface area contributed by atoms with Crippen LogP contribution in [0.3, 0.4) is 0 Å². The molecule has 3 nitrogen and oxygen atoms in total. The summed E-state index contributed by atoms with van der Waals surface area (Å²) < 4.78 is 38.4. The highest BCUT2D eigenvalue weighted by atomic mass is 19.4. The van der Waals surface area contributed by atoms with Gasteiger partial charge in [0, 0.05) is 24.1 Å². The molecular formula is C12H12F3N3. The standard InChI is InChI=1S/C12H12F3N3/c13-12(14,15)7-11(16)9-1-3-10(4-2-9)18-6-5-17-8-18/h1-6,8,11H,7,16H2. The molecule has 18 heavy (non-hydrogen) atoms. The summed E-state index contributed by atoms with van der Waals surface area (Å²) in [5.41, 5.74) is 6.81. The van der Waals surface area contributed by atoms with Crippen LogP contribution in [-0.4, -0.2) is 15.7 Å². The Kier molecular flexibility index (Phi) is 3.38. The maximum Gasteiger partial charge on any atom is 0.390 e. The molecule has 0 radical (unpaired) electrons. The molecule has 0 saturated carbocycles. The molecule has 0 spiro atoms. The molecular weight excluding hydrogens is 243 g/mol. The summed E-state index contributed by atoms with van der Waals surface area (Å²) in [6, 6.07) is 5.61. The van der Waals surface area contributed by atoms with Gasteiger partial charge in [-0.1, -0.05) is 12.1 Å². The van der Waals surface area contributed by atoms with Crippen LogP contribution < -0.4 is 5.73 Å². The molecule has 2 N–H and O–H groups in total. The van der Waals surface area contributed by atoms with E-state index < -0.39 is 18.6 Å². The molecule has 0 bridgehead atoms. The van der Waals surface area contributed by atoms with Crippen LogP contribution in [0, 0.1) is 0 Å². The molecule has 1 unspecified atom stereocenters. The second kappa shape index (κ2) is 4.81. The summed E-state index contributed by atoms with van der Waals surface area (Å²) in [6.45, 7) is 0. The second-order valence-corrected chi connectivity index (χ2v) is 3.99. The van der Waals surface area contributed by atoms with E-state index >= 15 is 0 Å². The molecule has 1 heterocycles. The molecule has 96 valence electrons. The first kappa shape index (κ1) is 12.6. The fourth-order valence-corrected chi connectivity index (χ4v) is 1.67. The number of halogens is 3. The number of nitrogens with zero attached hydrogens (tertiary/aromatic N) is 2. The predicted molar refractivity (Wildman–Crippen MR) is 61.2 cm³/mol. The van der Waals surface area contributed by atoms with Gasteiger partial charge in [0.25, 0.3) is 0 Å². The van der Waals surface area contributed by atoms with Gasteiger partial charge >= 0.3 is 6.18 Å². The Hall–Kier alpha value is -1.82. The number of imidazole rings is 1. The van der Waals surface area contributed by atoms with Crippen molar-refractivity contribution < 1.29 is 13.2 Å². The van der Waals surface area contributed by atoms with Crippen molar-refractivity contribution >= 4 is 0 Å². The largest absolute Gasteiger partial charge is 0.390 e. The third kappa shape index (κ3) is 3.10. The van der Waals surface area contributed by atoms with Crippen LogP contribution in [0.15, 0.2) is 43.0 Å². The van der Waals surface area contributed by atoms with Gasteiger partial charge in [-0.05, 0) is 17.7 Å². The number of hydrogen-bond donors (Lipinski definition) is 1. The van der Waals surface area contributed by atoms with Gasteiger partial charge in [-0.25, -0.2) is 4.98 Å². The zero-order valence-electron chi connectivity index (χ0n) is 9.43. The average molecular weight is 255 g/mol. The van der Waals surface area contributed by atoms with E-state index in [1.807, 2.05) is 0 Å². The quantitative estimate of drug-likeness (QED) is 0.916. The molecule has 0 amide bonds. The molecule has 1 atom stereocenters. The first-order chi connectivity index (χ1) is 8.46. The van der Waals surface area contributed by atoms with E-state index in [2.05, 4.69) is 4.98 Å². The summed E-state index contributed by atoms with van der Waals surface area (Å²) >= 11 is 0. The highest BCUT2D eigenvalue weighted by Gasteiger charge is 2.30.